The SMILES string of the molecule is Nc1ccc(-c2cc(N)ccn2)cc1. The lowest BCUT2D eigenvalue weighted by Gasteiger charge is -2.01. The Bertz CT molecular complexity index is 435. The molecule has 14 heavy (non-hydrogen) atoms. The summed E-state index contributed by atoms with van der Waals surface area (Å²) >= 11 is 0. The number of aromatic nitrogens is 1. The third kappa shape index (κ3) is 1.66. The minimum atomic E-state index is 0.715. The van der Waals surface area contributed by atoms with Gasteiger partial charge in [-0.15, -0.1) is 0 Å². The second kappa shape index (κ2) is 3.38. The summed E-state index contributed by atoms with van der Waals surface area (Å²) in [6, 6.07) is 11.2. The van der Waals surface area contributed by atoms with Crippen LogP contribution < -0.4 is 11.5 Å². The molecule has 0 saturated carbocycles. The second-order valence-corrected chi connectivity index (χ2v) is 3.10. The molecule has 70 valence electrons. The van der Waals surface area contributed by atoms with Crippen molar-refractivity contribution >= 4 is 11.4 Å². The highest BCUT2D eigenvalue weighted by Gasteiger charge is 1.98. The third-order valence-electron chi connectivity index (χ3n) is 1.99. The first kappa shape index (κ1) is 8.56. The summed E-state index contributed by atoms with van der Waals surface area (Å²) in [6.07, 6.45) is 1.70. The zero-order valence-electron chi connectivity index (χ0n) is 7.64. The molecular weight excluding hydrogens is 174 g/mol. The minimum Gasteiger partial charge on any atom is -0.399 e. The molecular formula is C11H11N3. The van der Waals surface area contributed by atoms with Crippen LogP contribution in [0.1, 0.15) is 0 Å². The van der Waals surface area contributed by atoms with E-state index in [1.807, 2.05) is 30.3 Å². The van der Waals surface area contributed by atoms with Crippen molar-refractivity contribution in [2.45, 2.75) is 0 Å². The number of anilines is 2. The van der Waals surface area contributed by atoms with Crippen LogP contribution in [0.2, 0.25) is 0 Å². The monoisotopic (exact) mass is 185 g/mol. The van der Waals surface area contributed by atoms with Crippen molar-refractivity contribution < 1.29 is 0 Å². The van der Waals surface area contributed by atoms with Crippen LogP contribution in [-0.2, 0) is 0 Å². The van der Waals surface area contributed by atoms with Crippen LogP contribution in [0.15, 0.2) is 42.6 Å². The molecule has 0 atom stereocenters. The molecule has 2 rings (SSSR count). The maximum Gasteiger partial charge on any atom is 0.0722 e. The van der Waals surface area contributed by atoms with Gasteiger partial charge in [0, 0.05) is 23.1 Å². The third-order valence-corrected chi connectivity index (χ3v) is 1.99. The summed E-state index contributed by atoms with van der Waals surface area (Å²) in [5, 5.41) is 0. The van der Waals surface area contributed by atoms with Crippen LogP contribution in [0.5, 0.6) is 0 Å². The molecule has 3 nitrogen and oxygen atoms in total. The van der Waals surface area contributed by atoms with Crippen LogP contribution in [0.25, 0.3) is 11.3 Å². The van der Waals surface area contributed by atoms with Crippen LogP contribution in [0.4, 0.5) is 11.4 Å². The first-order chi connectivity index (χ1) is 6.75. The van der Waals surface area contributed by atoms with Crippen molar-refractivity contribution in [2.75, 3.05) is 11.5 Å². The number of benzene rings is 1. The number of nitrogen functional groups attached to an aromatic ring is 2. The summed E-state index contributed by atoms with van der Waals surface area (Å²) in [6.45, 7) is 0. The van der Waals surface area contributed by atoms with E-state index in [4.69, 9.17) is 11.5 Å². The Kier molecular flexibility index (Phi) is 2.07. The number of hydrogen-bond donors (Lipinski definition) is 2. The van der Waals surface area contributed by atoms with Gasteiger partial charge in [0.2, 0.25) is 0 Å². The fourth-order valence-corrected chi connectivity index (χ4v) is 1.26. The van der Waals surface area contributed by atoms with Gasteiger partial charge in [-0.05, 0) is 24.3 Å². The maximum absolute atomic E-state index is 5.66. The Hall–Kier alpha value is -2.03. The Morgan fingerprint density at radius 1 is 0.857 bits per heavy atom. The molecule has 0 aliphatic rings. The van der Waals surface area contributed by atoms with E-state index in [-0.39, 0.29) is 0 Å². The summed E-state index contributed by atoms with van der Waals surface area (Å²) in [5.41, 5.74) is 14.6. The van der Waals surface area contributed by atoms with Gasteiger partial charge in [-0.1, -0.05) is 12.1 Å². The van der Waals surface area contributed by atoms with E-state index >= 15 is 0 Å². The Morgan fingerprint density at radius 2 is 1.57 bits per heavy atom. The summed E-state index contributed by atoms with van der Waals surface area (Å²) in [4.78, 5) is 4.22. The quantitative estimate of drug-likeness (QED) is 0.667. The highest BCUT2D eigenvalue weighted by Crippen LogP contribution is 2.19. The van der Waals surface area contributed by atoms with Crippen LogP contribution in [0.3, 0.4) is 0 Å². The van der Waals surface area contributed by atoms with Crippen LogP contribution in [0, 0.1) is 0 Å². The average molecular weight is 185 g/mol. The second-order valence-electron chi connectivity index (χ2n) is 3.10. The summed E-state index contributed by atoms with van der Waals surface area (Å²) < 4.78 is 0. The summed E-state index contributed by atoms with van der Waals surface area (Å²) in [7, 11) is 0. The predicted octanol–water partition coefficient (Wildman–Crippen LogP) is 1.91. The zero-order chi connectivity index (χ0) is 9.97. The minimum absolute atomic E-state index is 0.715. The van der Waals surface area contributed by atoms with Crippen molar-refractivity contribution in [1.82, 2.24) is 4.98 Å². The largest absolute Gasteiger partial charge is 0.399 e. The van der Waals surface area contributed by atoms with Crippen molar-refractivity contribution in [3.05, 3.63) is 42.6 Å². The van der Waals surface area contributed by atoms with Gasteiger partial charge in [-0.2, -0.15) is 0 Å². The molecule has 0 radical (unpaired) electrons. The number of nitrogens with two attached hydrogens (primary N) is 2. The van der Waals surface area contributed by atoms with E-state index in [0.717, 1.165) is 16.9 Å². The average Bonchev–Trinajstić information content (AvgIpc) is 2.19. The number of nitrogens with zero attached hydrogens (tertiary/aromatic N) is 1. The first-order valence-electron chi connectivity index (χ1n) is 4.33. The van der Waals surface area contributed by atoms with E-state index in [1.54, 1.807) is 12.3 Å². The molecule has 1 aromatic carbocycles. The smallest absolute Gasteiger partial charge is 0.0722 e. The lowest BCUT2D eigenvalue weighted by atomic mass is 10.1. The lowest BCUT2D eigenvalue weighted by molar-refractivity contribution is 1.33. The molecule has 0 saturated heterocycles. The fraction of sp³-hybridized carbons (Fsp3) is 0. The van der Waals surface area contributed by atoms with Gasteiger partial charge < -0.3 is 11.5 Å². The molecule has 0 bridgehead atoms. The van der Waals surface area contributed by atoms with Crippen molar-refractivity contribution in [3.63, 3.8) is 0 Å². The maximum atomic E-state index is 5.66. The van der Waals surface area contributed by atoms with E-state index in [2.05, 4.69) is 4.98 Å². The molecule has 0 fully saturated rings. The molecule has 0 unspecified atom stereocenters. The zero-order valence-corrected chi connectivity index (χ0v) is 7.64. The Morgan fingerprint density at radius 3 is 2.21 bits per heavy atom. The fourth-order valence-electron chi connectivity index (χ4n) is 1.26. The molecule has 1 aromatic heterocycles. The van der Waals surface area contributed by atoms with Gasteiger partial charge in [0.15, 0.2) is 0 Å². The molecule has 2 aromatic rings. The number of rotatable bonds is 1. The van der Waals surface area contributed by atoms with Gasteiger partial charge in [0.1, 0.15) is 0 Å². The molecule has 0 aliphatic heterocycles. The van der Waals surface area contributed by atoms with Gasteiger partial charge in [-0.3, -0.25) is 4.98 Å². The Labute approximate surface area is 82.4 Å². The van der Waals surface area contributed by atoms with Gasteiger partial charge >= 0.3 is 0 Å². The molecule has 0 amide bonds. The van der Waals surface area contributed by atoms with Crippen molar-refractivity contribution in [2.24, 2.45) is 0 Å². The highest BCUT2D eigenvalue weighted by molar-refractivity contribution is 5.64. The summed E-state index contributed by atoms with van der Waals surface area (Å²) in [5.74, 6) is 0. The molecule has 3 heteroatoms. The number of hydrogen-bond acceptors (Lipinski definition) is 3. The molecule has 0 aliphatic carbocycles. The normalized spacial score (nSPS) is 10.0. The van der Waals surface area contributed by atoms with Gasteiger partial charge in [0.05, 0.1) is 5.69 Å². The van der Waals surface area contributed by atoms with Crippen molar-refractivity contribution in [3.8, 4) is 11.3 Å². The standard InChI is InChI=1S/C11H11N3/c12-9-3-1-8(2-4-9)11-7-10(13)5-6-14-11/h1-7H,12H2,(H2,13,14). The molecule has 0 spiro atoms. The van der Waals surface area contributed by atoms with E-state index in [9.17, 15) is 0 Å². The molecule has 4 N–H and O–H groups in total. The topological polar surface area (TPSA) is 64.9 Å². The van der Waals surface area contributed by atoms with E-state index in [0.29, 0.717) is 5.69 Å². The Balaban J connectivity index is 2.44. The highest BCUT2D eigenvalue weighted by atomic mass is 14.7. The lowest BCUT2D eigenvalue weighted by Crippen LogP contribution is -1.89. The van der Waals surface area contributed by atoms with Crippen LogP contribution in [-0.4, -0.2) is 4.98 Å². The predicted molar refractivity (Wildman–Crippen MR) is 58.5 cm³/mol. The molecule has 1 heterocycles. The number of pyridine rings is 1. The van der Waals surface area contributed by atoms with Gasteiger partial charge in [0.25, 0.3) is 0 Å². The van der Waals surface area contributed by atoms with Crippen LogP contribution >= 0.6 is 0 Å². The van der Waals surface area contributed by atoms with Gasteiger partial charge in [-0.25, -0.2) is 0 Å². The van der Waals surface area contributed by atoms with Crippen molar-refractivity contribution in [1.29, 1.82) is 0 Å². The van der Waals surface area contributed by atoms with E-state index < -0.39 is 0 Å². The first-order valence-corrected chi connectivity index (χ1v) is 4.33. The van der Waals surface area contributed by atoms with E-state index in [1.165, 1.54) is 0 Å².